The van der Waals surface area contributed by atoms with Gasteiger partial charge < -0.3 is 10.2 Å². The van der Waals surface area contributed by atoms with Crippen molar-refractivity contribution in [2.24, 2.45) is 0 Å². The monoisotopic (exact) mass is 261 g/mol. The molecule has 1 saturated heterocycles. The summed E-state index contributed by atoms with van der Waals surface area (Å²) in [7, 11) is 0. The molecule has 1 unspecified atom stereocenters. The van der Waals surface area contributed by atoms with Gasteiger partial charge in [-0.2, -0.15) is 0 Å². The molecule has 1 aromatic rings. The lowest BCUT2D eigenvalue weighted by molar-refractivity contribution is 0.0602. The number of rotatable bonds is 4. The molecule has 1 fully saturated rings. The molecule has 2 rings (SSSR count). The number of nitrogens with one attached hydrogen (secondary N) is 1. The van der Waals surface area contributed by atoms with Gasteiger partial charge in [-0.3, -0.25) is 9.78 Å². The molecule has 1 aromatic heterocycles. The van der Waals surface area contributed by atoms with Gasteiger partial charge in [0.05, 0.1) is 0 Å². The molecular weight excluding hydrogens is 238 g/mol. The van der Waals surface area contributed by atoms with E-state index in [1.165, 1.54) is 6.42 Å². The van der Waals surface area contributed by atoms with Crippen LogP contribution in [-0.2, 0) is 0 Å². The van der Waals surface area contributed by atoms with Crippen LogP contribution < -0.4 is 5.32 Å². The van der Waals surface area contributed by atoms with Crippen molar-refractivity contribution < 1.29 is 4.79 Å². The third-order valence-corrected chi connectivity index (χ3v) is 3.72. The maximum absolute atomic E-state index is 12.6. The first-order valence-electron chi connectivity index (χ1n) is 7.27. The lowest BCUT2D eigenvalue weighted by Gasteiger charge is -2.35. The van der Waals surface area contributed by atoms with Crippen molar-refractivity contribution in [1.29, 1.82) is 0 Å². The van der Waals surface area contributed by atoms with E-state index < -0.39 is 0 Å². The van der Waals surface area contributed by atoms with Gasteiger partial charge in [0.25, 0.3) is 5.91 Å². The van der Waals surface area contributed by atoms with Crippen molar-refractivity contribution >= 4 is 11.6 Å². The number of anilines is 1. The predicted octanol–water partition coefficient (Wildman–Crippen LogP) is 2.92. The van der Waals surface area contributed by atoms with Crippen molar-refractivity contribution in [2.45, 2.75) is 45.6 Å². The van der Waals surface area contributed by atoms with Crippen molar-refractivity contribution in [3.05, 3.63) is 24.0 Å². The predicted molar refractivity (Wildman–Crippen MR) is 77.4 cm³/mol. The van der Waals surface area contributed by atoms with Crippen LogP contribution in [0.25, 0.3) is 0 Å². The molecule has 1 N–H and O–H groups in total. The van der Waals surface area contributed by atoms with Crippen LogP contribution in [-0.4, -0.2) is 34.9 Å². The SMILES string of the molecule is CCNc1ccnc(C(=O)N2CCCCC2CC)c1. The van der Waals surface area contributed by atoms with Gasteiger partial charge in [-0.05, 0) is 44.7 Å². The first-order valence-corrected chi connectivity index (χ1v) is 7.27. The van der Waals surface area contributed by atoms with Crippen LogP contribution in [0.3, 0.4) is 0 Å². The Bertz CT molecular complexity index is 433. The van der Waals surface area contributed by atoms with Crippen molar-refractivity contribution in [3.63, 3.8) is 0 Å². The summed E-state index contributed by atoms with van der Waals surface area (Å²) in [4.78, 5) is 18.8. The highest BCUT2D eigenvalue weighted by Gasteiger charge is 2.26. The van der Waals surface area contributed by atoms with Gasteiger partial charge in [-0.15, -0.1) is 0 Å². The number of hydrogen-bond donors (Lipinski definition) is 1. The van der Waals surface area contributed by atoms with Crippen LogP contribution in [0.2, 0.25) is 0 Å². The number of pyridine rings is 1. The summed E-state index contributed by atoms with van der Waals surface area (Å²) in [5, 5.41) is 3.22. The van der Waals surface area contributed by atoms with Gasteiger partial charge in [0.15, 0.2) is 0 Å². The van der Waals surface area contributed by atoms with Gasteiger partial charge in [0.2, 0.25) is 0 Å². The fraction of sp³-hybridized carbons (Fsp3) is 0.600. The van der Waals surface area contributed by atoms with Crippen LogP contribution in [0.5, 0.6) is 0 Å². The lowest BCUT2D eigenvalue weighted by Crippen LogP contribution is -2.43. The van der Waals surface area contributed by atoms with Crippen LogP contribution >= 0.6 is 0 Å². The van der Waals surface area contributed by atoms with E-state index in [4.69, 9.17) is 0 Å². The maximum Gasteiger partial charge on any atom is 0.272 e. The number of carbonyl (C=O) groups is 1. The smallest absolute Gasteiger partial charge is 0.272 e. The molecule has 19 heavy (non-hydrogen) atoms. The molecule has 0 radical (unpaired) electrons. The maximum atomic E-state index is 12.6. The number of hydrogen-bond acceptors (Lipinski definition) is 3. The van der Waals surface area contributed by atoms with Gasteiger partial charge in [-0.25, -0.2) is 0 Å². The average Bonchev–Trinajstić information content (AvgIpc) is 2.47. The zero-order chi connectivity index (χ0) is 13.7. The Morgan fingerprint density at radius 2 is 2.32 bits per heavy atom. The summed E-state index contributed by atoms with van der Waals surface area (Å²) < 4.78 is 0. The normalized spacial score (nSPS) is 19.3. The number of nitrogens with zero attached hydrogens (tertiary/aromatic N) is 2. The van der Waals surface area contributed by atoms with E-state index >= 15 is 0 Å². The molecule has 4 heteroatoms. The summed E-state index contributed by atoms with van der Waals surface area (Å²) in [5.41, 5.74) is 1.52. The summed E-state index contributed by atoms with van der Waals surface area (Å²) in [6, 6.07) is 4.13. The highest BCUT2D eigenvalue weighted by atomic mass is 16.2. The zero-order valence-corrected chi connectivity index (χ0v) is 11.9. The van der Waals surface area contributed by atoms with E-state index in [0.29, 0.717) is 11.7 Å². The van der Waals surface area contributed by atoms with Gasteiger partial charge in [0, 0.05) is 31.0 Å². The molecule has 0 spiro atoms. The molecule has 0 aromatic carbocycles. The van der Waals surface area contributed by atoms with Gasteiger partial charge in [0.1, 0.15) is 5.69 Å². The minimum Gasteiger partial charge on any atom is -0.385 e. The molecule has 1 amide bonds. The van der Waals surface area contributed by atoms with E-state index in [-0.39, 0.29) is 5.91 Å². The lowest BCUT2D eigenvalue weighted by atomic mass is 9.99. The minimum absolute atomic E-state index is 0.0753. The second kappa shape index (κ2) is 6.55. The molecule has 104 valence electrons. The first kappa shape index (κ1) is 13.8. The Hall–Kier alpha value is -1.58. The zero-order valence-electron chi connectivity index (χ0n) is 11.9. The Balaban J connectivity index is 2.15. The standard InChI is InChI=1S/C15H23N3O/c1-3-13-7-5-6-10-18(13)15(19)14-11-12(16-4-2)8-9-17-14/h8-9,11,13H,3-7,10H2,1-2H3,(H,16,17). The average molecular weight is 261 g/mol. The van der Waals surface area contributed by atoms with Gasteiger partial charge in [-0.1, -0.05) is 6.92 Å². The third-order valence-electron chi connectivity index (χ3n) is 3.72. The quantitative estimate of drug-likeness (QED) is 0.906. The Morgan fingerprint density at radius 1 is 1.47 bits per heavy atom. The summed E-state index contributed by atoms with van der Waals surface area (Å²) in [5.74, 6) is 0.0753. The highest BCUT2D eigenvalue weighted by Crippen LogP contribution is 2.21. The van der Waals surface area contributed by atoms with Crippen molar-refractivity contribution in [1.82, 2.24) is 9.88 Å². The van der Waals surface area contributed by atoms with Crippen LogP contribution in [0.15, 0.2) is 18.3 Å². The molecule has 1 aliphatic heterocycles. The number of piperidine rings is 1. The molecule has 0 saturated carbocycles. The second-order valence-corrected chi connectivity index (χ2v) is 5.02. The summed E-state index contributed by atoms with van der Waals surface area (Å²) in [6.07, 6.45) is 6.19. The number of carbonyl (C=O) groups excluding carboxylic acids is 1. The largest absolute Gasteiger partial charge is 0.385 e. The number of aromatic nitrogens is 1. The van der Waals surface area contributed by atoms with Crippen molar-refractivity contribution in [3.8, 4) is 0 Å². The Morgan fingerprint density at radius 3 is 3.05 bits per heavy atom. The molecule has 1 atom stereocenters. The van der Waals surface area contributed by atoms with Crippen LogP contribution in [0.1, 0.15) is 50.0 Å². The molecule has 1 aliphatic rings. The minimum atomic E-state index is 0.0753. The van der Waals surface area contributed by atoms with E-state index in [9.17, 15) is 4.79 Å². The van der Waals surface area contributed by atoms with E-state index in [0.717, 1.165) is 38.0 Å². The highest BCUT2D eigenvalue weighted by molar-refractivity contribution is 5.93. The Labute approximate surface area is 115 Å². The first-order chi connectivity index (χ1) is 9.26. The van der Waals surface area contributed by atoms with Crippen LogP contribution in [0, 0.1) is 0 Å². The number of amides is 1. The Kier molecular flexibility index (Phi) is 4.77. The number of likely N-dealkylation sites (tertiary alicyclic amines) is 1. The van der Waals surface area contributed by atoms with Crippen molar-refractivity contribution in [2.75, 3.05) is 18.4 Å². The van der Waals surface area contributed by atoms with Gasteiger partial charge >= 0.3 is 0 Å². The second-order valence-electron chi connectivity index (χ2n) is 5.02. The molecule has 2 heterocycles. The summed E-state index contributed by atoms with van der Waals surface area (Å²) >= 11 is 0. The molecular formula is C15H23N3O. The van der Waals surface area contributed by atoms with E-state index in [1.54, 1.807) is 6.20 Å². The van der Waals surface area contributed by atoms with E-state index in [1.807, 2.05) is 24.0 Å². The third kappa shape index (κ3) is 3.25. The fourth-order valence-corrected chi connectivity index (χ4v) is 2.70. The van der Waals surface area contributed by atoms with E-state index in [2.05, 4.69) is 17.2 Å². The topological polar surface area (TPSA) is 45.2 Å². The summed E-state index contributed by atoms with van der Waals surface area (Å²) in [6.45, 7) is 5.90. The molecule has 0 aliphatic carbocycles. The fourth-order valence-electron chi connectivity index (χ4n) is 2.70. The van der Waals surface area contributed by atoms with Crippen LogP contribution in [0.4, 0.5) is 5.69 Å². The molecule has 4 nitrogen and oxygen atoms in total. The molecule has 0 bridgehead atoms.